The number of carboxylic acid groups (broad SMARTS) is 2. The summed E-state index contributed by atoms with van der Waals surface area (Å²) in [5.41, 5.74) is 2.90. The molecule has 1 aliphatic heterocycles. The smallest absolute Gasteiger partial charge is 0.475 e. The summed E-state index contributed by atoms with van der Waals surface area (Å²) in [4.78, 5) is 42.5. The largest absolute Gasteiger partial charge is 0.490 e. The summed E-state index contributed by atoms with van der Waals surface area (Å²) in [7, 11) is 0. The zero-order chi connectivity index (χ0) is 32.2. The Bertz CT molecular complexity index is 1360. The third-order valence-corrected chi connectivity index (χ3v) is 5.33. The minimum absolute atomic E-state index is 0.0934. The van der Waals surface area contributed by atoms with E-state index >= 15 is 0 Å². The molecule has 1 aliphatic rings. The molecule has 0 bridgehead atoms. The molecule has 1 atom stereocenters. The number of nitrogens with zero attached hydrogens (tertiary/aromatic N) is 2. The number of halogens is 6. The number of rotatable bonds is 6. The van der Waals surface area contributed by atoms with Crippen molar-refractivity contribution in [3.63, 3.8) is 0 Å². The van der Waals surface area contributed by atoms with Gasteiger partial charge in [0.05, 0.1) is 30.2 Å². The predicted octanol–water partition coefficient (Wildman–Crippen LogP) is 3.41. The summed E-state index contributed by atoms with van der Waals surface area (Å²) in [5.74, 6) is -5.71. The minimum Gasteiger partial charge on any atom is -0.475 e. The van der Waals surface area contributed by atoms with Gasteiger partial charge in [-0.25, -0.2) is 14.3 Å². The zero-order valence-corrected chi connectivity index (χ0v) is 21.9. The molecule has 43 heavy (non-hydrogen) atoms. The molecule has 232 valence electrons. The van der Waals surface area contributed by atoms with E-state index in [1.807, 2.05) is 42.5 Å². The first-order chi connectivity index (χ1) is 20.1. The monoisotopic (exact) mass is 617 g/mol. The molecule has 1 aromatic heterocycles. The van der Waals surface area contributed by atoms with Crippen molar-refractivity contribution in [3.05, 3.63) is 78.1 Å². The summed E-state index contributed by atoms with van der Waals surface area (Å²) in [6.45, 7) is 1.73. The van der Waals surface area contributed by atoms with Crippen LogP contribution in [0.4, 0.5) is 32.0 Å². The number of benzene rings is 2. The molecule has 5 N–H and O–H groups in total. The summed E-state index contributed by atoms with van der Waals surface area (Å²) in [6.07, 6.45) is -5.59. The lowest BCUT2D eigenvalue weighted by Gasteiger charge is -2.12. The number of aliphatic carboxylic acids is 2. The molecule has 2 heterocycles. The van der Waals surface area contributed by atoms with Gasteiger partial charge in [0.2, 0.25) is 5.91 Å². The van der Waals surface area contributed by atoms with Crippen molar-refractivity contribution >= 4 is 29.4 Å². The number of amides is 2. The Morgan fingerprint density at radius 3 is 2.07 bits per heavy atom. The van der Waals surface area contributed by atoms with E-state index in [2.05, 4.69) is 21.0 Å². The van der Waals surface area contributed by atoms with Gasteiger partial charge in [-0.2, -0.15) is 31.4 Å². The maximum atomic E-state index is 12.5. The van der Waals surface area contributed by atoms with Crippen LogP contribution in [-0.4, -0.2) is 75.2 Å². The quantitative estimate of drug-likeness (QED) is 0.263. The van der Waals surface area contributed by atoms with Gasteiger partial charge in [0.25, 0.3) is 5.91 Å². The van der Waals surface area contributed by atoms with Crippen LogP contribution in [0.1, 0.15) is 22.3 Å². The second kappa shape index (κ2) is 15.3. The maximum Gasteiger partial charge on any atom is 0.490 e. The van der Waals surface area contributed by atoms with Crippen LogP contribution in [0.3, 0.4) is 0 Å². The topological polar surface area (TPSA) is 163 Å². The second-order valence-corrected chi connectivity index (χ2v) is 8.70. The lowest BCUT2D eigenvalue weighted by atomic mass is 10.1. The Hall–Kier alpha value is -4.93. The number of hydrogen-bond donors (Lipinski definition) is 5. The van der Waals surface area contributed by atoms with Crippen molar-refractivity contribution in [2.75, 3.05) is 18.4 Å². The Labute approximate surface area is 239 Å². The van der Waals surface area contributed by atoms with Crippen LogP contribution >= 0.6 is 0 Å². The van der Waals surface area contributed by atoms with Crippen LogP contribution in [-0.2, 0) is 20.8 Å². The van der Waals surface area contributed by atoms with Crippen molar-refractivity contribution in [2.24, 2.45) is 0 Å². The number of aromatic nitrogens is 2. The fraction of sp³-hybridized carbons (Fsp3) is 0.269. The first-order valence-corrected chi connectivity index (χ1v) is 12.2. The highest BCUT2D eigenvalue weighted by Gasteiger charge is 2.38. The Balaban J connectivity index is 0.000000384. The van der Waals surface area contributed by atoms with E-state index in [4.69, 9.17) is 19.8 Å². The maximum absolute atomic E-state index is 12.5. The molecule has 1 fully saturated rings. The van der Waals surface area contributed by atoms with E-state index in [1.54, 1.807) is 29.2 Å². The normalized spacial score (nSPS) is 14.3. The first kappa shape index (κ1) is 34.3. The van der Waals surface area contributed by atoms with Crippen LogP contribution in [0, 0.1) is 0 Å². The highest BCUT2D eigenvalue weighted by Crippen LogP contribution is 2.15. The van der Waals surface area contributed by atoms with Gasteiger partial charge in [0.1, 0.15) is 0 Å². The molecule has 2 aromatic carbocycles. The molecular formula is C26H25F6N5O6. The summed E-state index contributed by atoms with van der Waals surface area (Å²) in [5, 5.41) is 27.7. The number of alkyl halides is 6. The fourth-order valence-electron chi connectivity index (χ4n) is 3.35. The number of hydrogen-bond acceptors (Lipinski definition) is 6. The second-order valence-electron chi connectivity index (χ2n) is 8.70. The van der Waals surface area contributed by atoms with Crippen LogP contribution in [0.2, 0.25) is 0 Å². The van der Waals surface area contributed by atoms with Crippen molar-refractivity contribution in [3.8, 4) is 5.69 Å². The number of carboxylic acids is 2. The van der Waals surface area contributed by atoms with Crippen LogP contribution in [0.15, 0.2) is 67.0 Å². The minimum atomic E-state index is -5.08. The third-order valence-electron chi connectivity index (χ3n) is 5.33. The third kappa shape index (κ3) is 12.2. The molecule has 17 heteroatoms. The molecule has 0 spiro atoms. The molecule has 11 nitrogen and oxygen atoms in total. The summed E-state index contributed by atoms with van der Waals surface area (Å²) < 4.78 is 65.1. The fourth-order valence-corrected chi connectivity index (χ4v) is 3.35. The van der Waals surface area contributed by atoms with E-state index in [0.717, 1.165) is 30.8 Å². The van der Waals surface area contributed by atoms with Gasteiger partial charge in [-0.15, -0.1) is 0 Å². The van der Waals surface area contributed by atoms with Gasteiger partial charge in [-0.3, -0.25) is 9.59 Å². The molecule has 3 aromatic rings. The van der Waals surface area contributed by atoms with Gasteiger partial charge in [0.15, 0.2) is 0 Å². The number of carbonyl (C=O) groups is 4. The van der Waals surface area contributed by atoms with Gasteiger partial charge in [-0.05, 0) is 36.7 Å². The van der Waals surface area contributed by atoms with E-state index < -0.39 is 24.3 Å². The van der Waals surface area contributed by atoms with Crippen LogP contribution < -0.4 is 16.0 Å². The number of anilines is 1. The number of nitrogens with one attached hydrogen (secondary N) is 3. The predicted molar refractivity (Wildman–Crippen MR) is 138 cm³/mol. The molecule has 2 amide bonds. The standard InChI is InChI=1S/C22H23N5O2.2C2HF3O2/c28-21(11-16-5-2-1-3-6-16)25-19-14-24-27(15-19)20-8-4-7-17(12-20)22(29)26-18-9-10-23-13-18;2*3-2(4,5)1(6)7/h1-8,12,14-15,18,23H,9-11,13H2,(H,25,28)(H,26,29);2*(H,6,7)/t18-;;/m0../s1. The Morgan fingerprint density at radius 1 is 0.930 bits per heavy atom. The average Bonchev–Trinajstić information content (AvgIpc) is 3.61. The van der Waals surface area contributed by atoms with E-state index in [0.29, 0.717) is 17.7 Å². The molecule has 4 rings (SSSR count). The SMILES string of the molecule is O=C(Cc1ccccc1)Nc1cnn(-c2cccc(C(=O)N[C@H]3CCNC3)c2)c1.O=C(O)C(F)(F)F.O=C(O)C(F)(F)F. The molecule has 0 saturated carbocycles. The Kier molecular flexibility index (Phi) is 12.2. The van der Waals surface area contributed by atoms with Crippen molar-refractivity contribution in [1.82, 2.24) is 20.4 Å². The van der Waals surface area contributed by atoms with Gasteiger partial charge < -0.3 is 26.2 Å². The first-order valence-electron chi connectivity index (χ1n) is 12.2. The van der Waals surface area contributed by atoms with Gasteiger partial charge >= 0.3 is 24.3 Å². The molecular weight excluding hydrogens is 592 g/mol. The molecule has 1 saturated heterocycles. The average molecular weight is 618 g/mol. The van der Waals surface area contributed by atoms with Crippen LogP contribution in [0.25, 0.3) is 5.69 Å². The summed E-state index contributed by atoms with van der Waals surface area (Å²) >= 11 is 0. The van der Waals surface area contributed by atoms with Gasteiger partial charge in [-0.1, -0.05) is 36.4 Å². The van der Waals surface area contributed by atoms with Crippen molar-refractivity contribution in [1.29, 1.82) is 0 Å². The Morgan fingerprint density at radius 2 is 1.53 bits per heavy atom. The van der Waals surface area contributed by atoms with E-state index in [-0.39, 0.29) is 17.9 Å². The molecule has 0 unspecified atom stereocenters. The van der Waals surface area contributed by atoms with Gasteiger partial charge in [0, 0.05) is 18.2 Å². The summed E-state index contributed by atoms with van der Waals surface area (Å²) in [6, 6.07) is 17.0. The van der Waals surface area contributed by atoms with E-state index in [9.17, 15) is 35.9 Å². The molecule has 0 aliphatic carbocycles. The lowest BCUT2D eigenvalue weighted by molar-refractivity contribution is -0.193. The van der Waals surface area contributed by atoms with Crippen molar-refractivity contribution < 1.29 is 55.7 Å². The van der Waals surface area contributed by atoms with Crippen molar-refractivity contribution in [2.45, 2.75) is 31.2 Å². The van der Waals surface area contributed by atoms with E-state index in [1.165, 1.54) is 0 Å². The number of carbonyl (C=O) groups excluding carboxylic acids is 2. The highest BCUT2D eigenvalue weighted by molar-refractivity contribution is 5.95. The van der Waals surface area contributed by atoms with Crippen LogP contribution in [0.5, 0.6) is 0 Å². The zero-order valence-electron chi connectivity index (χ0n) is 21.9. The molecule has 0 radical (unpaired) electrons. The highest BCUT2D eigenvalue weighted by atomic mass is 19.4. The lowest BCUT2D eigenvalue weighted by Crippen LogP contribution is -2.36.